The lowest BCUT2D eigenvalue weighted by Crippen LogP contribution is -2.56. The summed E-state index contributed by atoms with van der Waals surface area (Å²) < 4.78 is 11.6. The number of carbonyl (C=O) groups excluding carboxylic acids is 2. The first-order chi connectivity index (χ1) is 17.1. The van der Waals surface area contributed by atoms with Crippen LogP contribution in [0.5, 0.6) is 11.5 Å². The molecule has 0 aliphatic carbocycles. The Kier molecular flexibility index (Phi) is 7.42. The zero-order chi connectivity index (χ0) is 26.0. The van der Waals surface area contributed by atoms with Crippen LogP contribution in [0.1, 0.15) is 35.6 Å². The summed E-state index contributed by atoms with van der Waals surface area (Å²) in [7, 11) is 0. The quantitative estimate of drug-likeness (QED) is 0.484. The molecule has 0 aromatic heterocycles. The second-order valence-electron chi connectivity index (χ2n) is 9.71. The maximum absolute atomic E-state index is 13.2. The number of phenols is 1. The smallest absolute Gasteiger partial charge is 0.264 e. The minimum Gasteiger partial charge on any atom is -0.507 e. The number of carbonyl (C=O) groups is 2. The van der Waals surface area contributed by atoms with Crippen LogP contribution in [0.3, 0.4) is 0 Å². The van der Waals surface area contributed by atoms with E-state index >= 15 is 0 Å². The molecule has 36 heavy (non-hydrogen) atoms. The molecule has 1 saturated heterocycles. The van der Waals surface area contributed by atoms with Gasteiger partial charge in [-0.25, -0.2) is 0 Å². The van der Waals surface area contributed by atoms with Crippen molar-refractivity contribution in [2.24, 2.45) is 0 Å². The van der Waals surface area contributed by atoms with E-state index in [0.717, 1.165) is 35.5 Å². The number of amides is 2. The zero-order valence-corrected chi connectivity index (χ0v) is 21.3. The average molecular weight is 498 g/mol. The van der Waals surface area contributed by atoms with E-state index in [9.17, 15) is 19.8 Å². The zero-order valence-electron chi connectivity index (χ0n) is 21.3. The number of ether oxygens (including phenoxy) is 2. The van der Waals surface area contributed by atoms with E-state index in [4.69, 9.17) is 9.47 Å². The third-order valence-corrected chi connectivity index (χ3v) is 7.32. The van der Waals surface area contributed by atoms with Crippen LogP contribution in [0.4, 0.5) is 11.4 Å². The van der Waals surface area contributed by atoms with Crippen molar-refractivity contribution in [3.05, 3.63) is 46.5 Å². The van der Waals surface area contributed by atoms with Crippen LogP contribution in [0.25, 0.3) is 0 Å². The number of anilines is 2. The first-order valence-corrected chi connectivity index (χ1v) is 12.3. The van der Waals surface area contributed by atoms with E-state index in [1.807, 2.05) is 32.9 Å². The molecule has 4 rings (SSSR count). The van der Waals surface area contributed by atoms with Crippen molar-refractivity contribution in [1.29, 1.82) is 0 Å². The van der Waals surface area contributed by atoms with Crippen molar-refractivity contribution in [2.75, 3.05) is 43.1 Å². The Balaban J connectivity index is 1.42. The number of benzene rings is 2. The largest absolute Gasteiger partial charge is 0.507 e. The van der Waals surface area contributed by atoms with Gasteiger partial charge < -0.3 is 35.2 Å². The number of aliphatic hydroxyl groups excluding tert-OH is 1. The summed E-state index contributed by atoms with van der Waals surface area (Å²) in [5.74, 6) is -0.152. The second-order valence-corrected chi connectivity index (χ2v) is 9.71. The molecule has 2 heterocycles. The number of hydrogen-bond acceptors (Lipinski definition) is 7. The molecule has 2 aromatic rings. The Hall–Kier alpha value is -3.30. The van der Waals surface area contributed by atoms with Gasteiger partial charge in [-0.2, -0.15) is 0 Å². The molecule has 2 aliphatic heterocycles. The standard InChI is InChI=1S/C27H35N3O6/c1-16-17(2)24-21(18(3)23(16)32)9-10-27(4,36-24)26(34)29-22(15-31)25(33)28-19-5-7-20(8-6-19)30-11-13-35-14-12-30/h5-8,22,31-32H,9-15H2,1-4H3,(H,28,33)(H,29,34). The molecule has 9 heteroatoms. The Morgan fingerprint density at radius 1 is 1.08 bits per heavy atom. The van der Waals surface area contributed by atoms with Crippen LogP contribution in [0.2, 0.25) is 0 Å². The highest BCUT2D eigenvalue weighted by Crippen LogP contribution is 2.43. The number of nitrogens with one attached hydrogen (secondary N) is 2. The molecular formula is C27H35N3O6. The minimum absolute atomic E-state index is 0.248. The fourth-order valence-corrected chi connectivity index (χ4v) is 4.72. The summed E-state index contributed by atoms with van der Waals surface area (Å²) in [6.45, 7) is 9.63. The molecule has 9 nitrogen and oxygen atoms in total. The number of fused-ring (bicyclic) bond motifs is 1. The highest BCUT2D eigenvalue weighted by Gasteiger charge is 2.42. The van der Waals surface area contributed by atoms with Crippen molar-refractivity contribution >= 4 is 23.2 Å². The fraction of sp³-hybridized carbons (Fsp3) is 0.481. The number of morpholine rings is 1. The summed E-state index contributed by atoms with van der Waals surface area (Å²) in [6, 6.07) is 6.30. The lowest BCUT2D eigenvalue weighted by atomic mass is 9.86. The minimum atomic E-state index is -1.22. The molecule has 0 saturated carbocycles. The predicted octanol–water partition coefficient (Wildman–Crippen LogP) is 2.35. The number of rotatable bonds is 6. The van der Waals surface area contributed by atoms with E-state index in [-0.39, 0.29) is 5.75 Å². The number of nitrogens with zero attached hydrogens (tertiary/aromatic N) is 1. The lowest BCUT2D eigenvalue weighted by molar-refractivity contribution is -0.140. The fourth-order valence-electron chi connectivity index (χ4n) is 4.72. The molecule has 0 radical (unpaired) electrons. The molecule has 0 spiro atoms. The SMILES string of the molecule is Cc1c(C)c2c(c(C)c1O)CCC(C)(C(=O)NC(CO)C(=O)Nc1ccc(N3CCOCC3)cc1)O2. The van der Waals surface area contributed by atoms with Crippen LogP contribution in [-0.4, -0.2) is 66.6 Å². The topological polar surface area (TPSA) is 120 Å². The van der Waals surface area contributed by atoms with Gasteiger partial charge in [0.25, 0.3) is 5.91 Å². The van der Waals surface area contributed by atoms with Crippen molar-refractivity contribution < 1.29 is 29.3 Å². The van der Waals surface area contributed by atoms with Crippen LogP contribution in [-0.2, 0) is 20.7 Å². The number of phenolic OH excluding ortho intramolecular Hbond substituents is 1. The molecule has 2 unspecified atom stereocenters. The van der Waals surface area contributed by atoms with E-state index in [0.29, 0.717) is 43.1 Å². The third kappa shape index (κ3) is 4.99. The summed E-state index contributed by atoms with van der Waals surface area (Å²) in [5.41, 5.74) is 3.52. The molecule has 4 N–H and O–H groups in total. The Morgan fingerprint density at radius 3 is 2.39 bits per heavy atom. The summed E-state index contributed by atoms with van der Waals surface area (Å²) in [4.78, 5) is 28.3. The van der Waals surface area contributed by atoms with Gasteiger partial charge in [-0.05, 0) is 75.1 Å². The van der Waals surface area contributed by atoms with E-state index in [2.05, 4.69) is 15.5 Å². The number of aromatic hydroxyl groups is 1. The lowest BCUT2D eigenvalue weighted by Gasteiger charge is -2.37. The van der Waals surface area contributed by atoms with Gasteiger partial charge in [0.05, 0.1) is 19.8 Å². The van der Waals surface area contributed by atoms with Crippen molar-refractivity contribution in [3.63, 3.8) is 0 Å². The molecule has 2 aromatic carbocycles. The van der Waals surface area contributed by atoms with Crippen LogP contribution in [0, 0.1) is 20.8 Å². The number of hydrogen-bond donors (Lipinski definition) is 4. The highest BCUT2D eigenvalue weighted by atomic mass is 16.5. The molecule has 2 amide bonds. The van der Waals surface area contributed by atoms with Gasteiger partial charge in [0.1, 0.15) is 17.5 Å². The summed E-state index contributed by atoms with van der Waals surface area (Å²) in [5, 5.41) is 25.7. The molecule has 2 atom stereocenters. The van der Waals surface area contributed by atoms with Gasteiger partial charge in [0, 0.05) is 36.4 Å². The van der Waals surface area contributed by atoms with Crippen molar-refractivity contribution in [3.8, 4) is 11.5 Å². The summed E-state index contributed by atoms with van der Waals surface area (Å²) >= 11 is 0. The van der Waals surface area contributed by atoms with Crippen LogP contribution < -0.4 is 20.3 Å². The first kappa shape index (κ1) is 25.8. The van der Waals surface area contributed by atoms with Gasteiger partial charge in [0.15, 0.2) is 5.60 Å². The monoisotopic (exact) mass is 497 g/mol. The first-order valence-electron chi connectivity index (χ1n) is 12.3. The molecule has 194 valence electrons. The Morgan fingerprint density at radius 2 is 1.75 bits per heavy atom. The van der Waals surface area contributed by atoms with Crippen molar-refractivity contribution in [1.82, 2.24) is 5.32 Å². The van der Waals surface area contributed by atoms with Gasteiger partial charge in [-0.15, -0.1) is 0 Å². The van der Waals surface area contributed by atoms with E-state index in [1.165, 1.54) is 0 Å². The van der Waals surface area contributed by atoms with E-state index < -0.39 is 30.1 Å². The maximum atomic E-state index is 13.2. The van der Waals surface area contributed by atoms with Crippen LogP contribution >= 0.6 is 0 Å². The molecule has 1 fully saturated rings. The molecule has 0 bridgehead atoms. The molecular weight excluding hydrogens is 462 g/mol. The third-order valence-electron chi connectivity index (χ3n) is 7.32. The average Bonchev–Trinajstić information content (AvgIpc) is 2.90. The predicted molar refractivity (Wildman–Crippen MR) is 137 cm³/mol. The van der Waals surface area contributed by atoms with E-state index in [1.54, 1.807) is 19.1 Å². The molecule has 2 aliphatic rings. The number of aliphatic hydroxyl groups is 1. The van der Waals surface area contributed by atoms with Gasteiger partial charge in [-0.3, -0.25) is 9.59 Å². The maximum Gasteiger partial charge on any atom is 0.264 e. The second kappa shape index (κ2) is 10.4. The Bertz CT molecular complexity index is 1140. The summed E-state index contributed by atoms with van der Waals surface area (Å²) in [6.07, 6.45) is 0.919. The van der Waals surface area contributed by atoms with Gasteiger partial charge in [-0.1, -0.05) is 0 Å². The van der Waals surface area contributed by atoms with Gasteiger partial charge in [0.2, 0.25) is 5.91 Å². The van der Waals surface area contributed by atoms with Crippen molar-refractivity contribution in [2.45, 2.75) is 52.2 Å². The normalized spacial score (nSPS) is 20.2. The van der Waals surface area contributed by atoms with Crippen LogP contribution in [0.15, 0.2) is 24.3 Å². The van der Waals surface area contributed by atoms with Gasteiger partial charge >= 0.3 is 0 Å². The highest BCUT2D eigenvalue weighted by molar-refractivity contribution is 5.98. The Labute approximate surface area is 211 Å².